The van der Waals surface area contributed by atoms with Crippen molar-refractivity contribution in [1.82, 2.24) is 0 Å². The summed E-state index contributed by atoms with van der Waals surface area (Å²) in [6.07, 6.45) is 0. The average Bonchev–Trinajstić information content (AvgIpc) is 2.17. The Bertz CT molecular complexity index is 330. The fourth-order valence-corrected chi connectivity index (χ4v) is 1.81. The second-order valence-electron chi connectivity index (χ2n) is 4.93. The predicted octanol–water partition coefficient (Wildman–Crippen LogP) is 2.74. The topological polar surface area (TPSA) is 46.2 Å². The van der Waals surface area contributed by atoms with Crippen molar-refractivity contribution in [3.63, 3.8) is 0 Å². The Labute approximate surface area is 104 Å². The van der Waals surface area contributed by atoms with Crippen LogP contribution in [-0.4, -0.2) is 11.7 Å². The third kappa shape index (κ3) is 2.97. The molecule has 3 heteroatoms. The summed E-state index contributed by atoms with van der Waals surface area (Å²) in [5.74, 6) is 0. The lowest BCUT2D eigenvalue weighted by molar-refractivity contribution is 0.132. The number of aryl methyl sites for hydroxylation is 2. The maximum absolute atomic E-state index is 9.33. The Hall–Kier alpha value is -0.570. The van der Waals surface area contributed by atoms with Gasteiger partial charge < -0.3 is 10.8 Å². The summed E-state index contributed by atoms with van der Waals surface area (Å²) in [6.45, 7) is 8.21. The van der Waals surface area contributed by atoms with Crippen LogP contribution < -0.4 is 5.73 Å². The summed E-state index contributed by atoms with van der Waals surface area (Å²) in [4.78, 5) is 0. The van der Waals surface area contributed by atoms with Gasteiger partial charge in [0.2, 0.25) is 0 Å². The number of aliphatic hydroxyl groups is 1. The molecule has 0 saturated carbocycles. The van der Waals surface area contributed by atoms with Gasteiger partial charge in [-0.2, -0.15) is 0 Å². The van der Waals surface area contributed by atoms with E-state index in [9.17, 15) is 5.11 Å². The Balaban J connectivity index is 0.00000225. The molecule has 1 atom stereocenters. The highest BCUT2D eigenvalue weighted by Gasteiger charge is 2.28. The number of hydrogen-bond donors (Lipinski definition) is 2. The molecule has 0 aromatic heterocycles. The molecule has 0 fully saturated rings. The van der Waals surface area contributed by atoms with Crippen LogP contribution in [0.25, 0.3) is 0 Å². The summed E-state index contributed by atoms with van der Waals surface area (Å²) < 4.78 is 0. The Morgan fingerprint density at radius 3 is 2.06 bits per heavy atom. The van der Waals surface area contributed by atoms with Crippen molar-refractivity contribution in [1.29, 1.82) is 0 Å². The molecule has 1 rings (SSSR count). The SMILES string of the molecule is Cc1cccc(C)c1[C@H](N)C(C)(C)CO.Cl. The van der Waals surface area contributed by atoms with Crippen LogP contribution in [0.5, 0.6) is 0 Å². The molecule has 0 bridgehead atoms. The van der Waals surface area contributed by atoms with E-state index in [-0.39, 0.29) is 30.5 Å². The summed E-state index contributed by atoms with van der Waals surface area (Å²) >= 11 is 0. The fourth-order valence-electron chi connectivity index (χ4n) is 1.81. The third-order valence-electron chi connectivity index (χ3n) is 3.10. The predicted molar refractivity (Wildman–Crippen MR) is 71.0 cm³/mol. The first-order chi connectivity index (χ1) is 6.90. The number of hydrogen-bond acceptors (Lipinski definition) is 2. The molecule has 16 heavy (non-hydrogen) atoms. The van der Waals surface area contributed by atoms with Crippen molar-refractivity contribution in [3.05, 3.63) is 34.9 Å². The zero-order chi connectivity index (χ0) is 11.6. The number of benzene rings is 1. The molecule has 92 valence electrons. The van der Waals surface area contributed by atoms with Gasteiger partial charge in [0.25, 0.3) is 0 Å². The van der Waals surface area contributed by atoms with Gasteiger partial charge in [-0.15, -0.1) is 12.4 Å². The molecule has 0 aliphatic heterocycles. The summed E-state index contributed by atoms with van der Waals surface area (Å²) in [5.41, 5.74) is 9.50. The fraction of sp³-hybridized carbons (Fsp3) is 0.538. The zero-order valence-corrected chi connectivity index (χ0v) is 11.3. The quantitative estimate of drug-likeness (QED) is 0.858. The first-order valence-corrected chi connectivity index (χ1v) is 5.32. The highest BCUT2D eigenvalue weighted by atomic mass is 35.5. The molecule has 1 aromatic rings. The van der Waals surface area contributed by atoms with E-state index < -0.39 is 0 Å². The molecule has 0 unspecified atom stereocenters. The van der Waals surface area contributed by atoms with Crippen molar-refractivity contribution >= 4 is 12.4 Å². The van der Waals surface area contributed by atoms with Gasteiger partial charge in [0.15, 0.2) is 0 Å². The first kappa shape index (κ1) is 15.4. The molecule has 2 nitrogen and oxygen atoms in total. The second kappa shape index (κ2) is 5.67. The molecule has 0 saturated heterocycles. The first-order valence-electron chi connectivity index (χ1n) is 5.32. The van der Waals surface area contributed by atoms with Gasteiger partial charge in [-0.1, -0.05) is 32.0 Å². The highest BCUT2D eigenvalue weighted by Crippen LogP contribution is 2.33. The van der Waals surface area contributed by atoms with Gasteiger partial charge in [-0.25, -0.2) is 0 Å². The van der Waals surface area contributed by atoms with Gasteiger partial charge in [-0.3, -0.25) is 0 Å². The Kier molecular flexibility index (Phi) is 5.47. The van der Waals surface area contributed by atoms with E-state index in [0.717, 1.165) is 5.56 Å². The zero-order valence-electron chi connectivity index (χ0n) is 10.4. The van der Waals surface area contributed by atoms with Gasteiger partial charge in [0.1, 0.15) is 0 Å². The van der Waals surface area contributed by atoms with Crippen molar-refractivity contribution in [2.45, 2.75) is 33.7 Å². The number of rotatable bonds is 3. The van der Waals surface area contributed by atoms with Crippen LogP contribution in [0.15, 0.2) is 18.2 Å². The van der Waals surface area contributed by atoms with Crippen LogP contribution in [0.4, 0.5) is 0 Å². The normalized spacial score (nSPS) is 13.1. The summed E-state index contributed by atoms with van der Waals surface area (Å²) in [7, 11) is 0. The van der Waals surface area contributed by atoms with Gasteiger partial charge >= 0.3 is 0 Å². The van der Waals surface area contributed by atoms with Gasteiger partial charge in [0.05, 0.1) is 0 Å². The largest absolute Gasteiger partial charge is 0.396 e. The van der Waals surface area contributed by atoms with E-state index >= 15 is 0 Å². The molecule has 0 amide bonds. The van der Waals surface area contributed by atoms with Crippen molar-refractivity contribution in [2.75, 3.05) is 6.61 Å². The molecule has 0 heterocycles. The standard InChI is InChI=1S/C13H21NO.ClH/c1-9-6-5-7-10(2)11(9)12(14)13(3,4)8-15;/h5-7,12,15H,8,14H2,1-4H3;1H/t12-;/m0./s1. The van der Waals surface area contributed by atoms with Gasteiger partial charge in [0, 0.05) is 18.1 Å². The van der Waals surface area contributed by atoms with E-state index in [1.165, 1.54) is 11.1 Å². The highest BCUT2D eigenvalue weighted by molar-refractivity contribution is 5.85. The molecular formula is C13H22ClNO. The minimum atomic E-state index is -0.281. The number of halogens is 1. The molecule has 1 aromatic carbocycles. The molecule has 0 aliphatic carbocycles. The third-order valence-corrected chi connectivity index (χ3v) is 3.10. The lowest BCUT2D eigenvalue weighted by Crippen LogP contribution is -2.33. The minimum absolute atomic E-state index is 0. The lowest BCUT2D eigenvalue weighted by Gasteiger charge is -2.31. The van der Waals surface area contributed by atoms with Crippen LogP contribution in [0, 0.1) is 19.3 Å². The van der Waals surface area contributed by atoms with Gasteiger partial charge in [-0.05, 0) is 30.5 Å². The summed E-state index contributed by atoms with van der Waals surface area (Å²) in [6, 6.07) is 6.04. The minimum Gasteiger partial charge on any atom is -0.396 e. The molecular weight excluding hydrogens is 222 g/mol. The number of aliphatic hydroxyl groups excluding tert-OH is 1. The Morgan fingerprint density at radius 2 is 1.69 bits per heavy atom. The number of nitrogens with two attached hydrogens (primary N) is 1. The van der Waals surface area contributed by atoms with Crippen LogP contribution in [-0.2, 0) is 0 Å². The van der Waals surface area contributed by atoms with E-state index in [1.807, 2.05) is 19.9 Å². The van der Waals surface area contributed by atoms with Crippen LogP contribution in [0.2, 0.25) is 0 Å². The lowest BCUT2D eigenvalue weighted by atomic mass is 9.79. The van der Waals surface area contributed by atoms with Crippen molar-refractivity contribution in [2.24, 2.45) is 11.1 Å². The maximum atomic E-state index is 9.33. The van der Waals surface area contributed by atoms with Crippen LogP contribution in [0.3, 0.4) is 0 Å². The maximum Gasteiger partial charge on any atom is 0.0500 e. The Morgan fingerprint density at radius 1 is 1.25 bits per heavy atom. The molecule has 0 aliphatic rings. The molecule has 0 radical (unpaired) electrons. The second-order valence-corrected chi connectivity index (χ2v) is 4.93. The van der Waals surface area contributed by atoms with E-state index in [4.69, 9.17) is 5.73 Å². The smallest absolute Gasteiger partial charge is 0.0500 e. The summed E-state index contributed by atoms with van der Waals surface area (Å²) in [5, 5.41) is 9.33. The van der Waals surface area contributed by atoms with Crippen LogP contribution in [0.1, 0.15) is 36.6 Å². The molecule has 0 spiro atoms. The van der Waals surface area contributed by atoms with E-state index in [2.05, 4.69) is 26.0 Å². The van der Waals surface area contributed by atoms with E-state index in [0.29, 0.717) is 0 Å². The van der Waals surface area contributed by atoms with Crippen molar-refractivity contribution in [3.8, 4) is 0 Å². The average molecular weight is 244 g/mol. The molecule has 3 N–H and O–H groups in total. The van der Waals surface area contributed by atoms with E-state index in [1.54, 1.807) is 0 Å². The monoisotopic (exact) mass is 243 g/mol. The van der Waals surface area contributed by atoms with Crippen LogP contribution >= 0.6 is 12.4 Å². The van der Waals surface area contributed by atoms with Crippen molar-refractivity contribution < 1.29 is 5.11 Å².